The van der Waals surface area contributed by atoms with Crippen LogP contribution in [0.3, 0.4) is 0 Å². The van der Waals surface area contributed by atoms with Gasteiger partial charge in [-0.15, -0.1) is 0 Å². The Hall–Kier alpha value is -7.10. The quantitative estimate of drug-likeness (QED) is 0.182. The van der Waals surface area contributed by atoms with E-state index in [1.54, 1.807) is 0 Å². The number of anilines is 3. The summed E-state index contributed by atoms with van der Waals surface area (Å²) < 4.78 is 13.8. The minimum Gasteiger partial charge on any atom is -0.455 e. The molecule has 0 saturated heterocycles. The molecular formula is C53H35NO2. The van der Waals surface area contributed by atoms with E-state index >= 15 is 0 Å². The molecule has 0 amide bonds. The first kappa shape index (κ1) is 31.3. The normalized spacial score (nSPS) is 13.3. The molecule has 2 heterocycles. The number of hydrogen-bond acceptors (Lipinski definition) is 3. The first-order valence-electron chi connectivity index (χ1n) is 19.3. The SMILES string of the molecule is CC1(C)c2ccccc2-c2c(N(c3ccc(-c4cccc5c4oc4c6ccccc6ccc54)cc3)c3cccc4c3oc3c5ccccc5ccc43)cccc21. The van der Waals surface area contributed by atoms with E-state index in [2.05, 4.69) is 195 Å². The first-order chi connectivity index (χ1) is 27.5. The second-order valence-electron chi connectivity index (χ2n) is 15.6. The van der Waals surface area contributed by atoms with Crippen LogP contribution in [0.2, 0.25) is 0 Å². The predicted molar refractivity (Wildman–Crippen MR) is 234 cm³/mol. The lowest BCUT2D eigenvalue weighted by Crippen LogP contribution is -2.16. The lowest BCUT2D eigenvalue weighted by Gasteiger charge is -2.29. The van der Waals surface area contributed by atoms with Crippen LogP contribution in [0.15, 0.2) is 185 Å². The maximum atomic E-state index is 7.00. The molecule has 11 aromatic rings. The minimum atomic E-state index is -0.141. The molecule has 3 nitrogen and oxygen atoms in total. The minimum absolute atomic E-state index is 0.141. The van der Waals surface area contributed by atoms with E-state index in [0.717, 1.165) is 82.8 Å². The maximum Gasteiger partial charge on any atom is 0.159 e. The zero-order valence-corrected chi connectivity index (χ0v) is 31.0. The van der Waals surface area contributed by atoms with Crippen LogP contribution >= 0.6 is 0 Å². The van der Waals surface area contributed by atoms with Crippen molar-refractivity contribution in [2.24, 2.45) is 0 Å². The summed E-state index contributed by atoms with van der Waals surface area (Å²) in [4.78, 5) is 2.40. The zero-order valence-electron chi connectivity index (χ0n) is 31.0. The van der Waals surface area contributed by atoms with Gasteiger partial charge < -0.3 is 13.7 Å². The molecule has 1 aliphatic carbocycles. The van der Waals surface area contributed by atoms with Gasteiger partial charge in [0.1, 0.15) is 16.7 Å². The van der Waals surface area contributed by atoms with Gasteiger partial charge in [-0.3, -0.25) is 0 Å². The second kappa shape index (κ2) is 11.5. The second-order valence-corrected chi connectivity index (χ2v) is 15.6. The Balaban J connectivity index is 1.09. The van der Waals surface area contributed by atoms with Crippen LogP contribution in [0.1, 0.15) is 25.0 Å². The number of rotatable bonds is 4. The third-order valence-electron chi connectivity index (χ3n) is 12.3. The van der Waals surface area contributed by atoms with Gasteiger partial charge in [0.05, 0.1) is 11.4 Å². The first-order valence-corrected chi connectivity index (χ1v) is 19.3. The van der Waals surface area contributed by atoms with Crippen molar-refractivity contribution >= 4 is 82.5 Å². The highest BCUT2D eigenvalue weighted by molar-refractivity contribution is 6.19. The van der Waals surface area contributed by atoms with Crippen molar-refractivity contribution in [3.05, 3.63) is 187 Å². The molecule has 1 aliphatic rings. The molecule has 0 fully saturated rings. The van der Waals surface area contributed by atoms with Crippen LogP contribution in [-0.4, -0.2) is 0 Å². The van der Waals surface area contributed by atoms with E-state index in [9.17, 15) is 0 Å². The van der Waals surface area contributed by atoms with E-state index in [0.29, 0.717) is 0 Å². The van der Waals surface area contributed by atoms with Gasteiger partial charge in [-0.05, 0) is 69.4 Å². The Morgan fingerprint density at radius 3 is 1.62 bits per heavy atom. The molecule has 0 radical (unpaired) electrons. The Morgan fingerprint density at radius 2 is 0.893 bits per heavy atom. The van der Waals surface area contributed by atoms with Gasteiger partial charge in [0.25, 0.3) is 0 Å². The lowest BCUT2D eigenvalue weighted by atomic mass is 9.82. The van der Waals surface area contributed by atoms with Gasteiger partial charge in [-0.1, -0.05) is 153 Å². The van der Waals surface area contributed by atoms with Gasteiger partial charge in [-0.25, -0.2) is 0 Å². The Kier molecular flexibility index (Phi) is 6.40. The molecule has 2 aromatic heterocycles. The molecule has 0 bridgehead atoms. The maximum absolute atomic E-state index is 7.00. The highest BCUT2D eigenvalue weighted by Gasteiger charge is 2.38. The monoisotopic (exact) mass is 717 g/mol. The smallest absolute Gasteiger partial charge is 0.159 e. The predicted octanol–water partition coefficient (Wildman–Crippen LogP) is 15.2. The molecule has 56 heavy (non-hydrogen) atoms. The van der Waals surface area contributed by atoms with Gasteiger partial charge in [0.15, 0.2) is 5.58 Å². The number of hydrogen-bond donors (Lipinski definition) is 0. The molecule has 12 rings (SSSR count). The highest BCUT2D eigenvalue weighted by atomic mass is 16.3. The third kappa shape index (κ3) is 4.28. The molecule has 0 atom stereocenters. The van der Waals surface area contributed by atoms with Crippen molar-refractivity contribution in [1.82, 2.24) is 0 Å². The fourth-order valence-electron chi connectivity index (χ4n) is 9.56. The van der Waals surface area contributed by atoms with Crippen molar-refractivity contribution in [1.29, 1.82) is 0 Å². The Labute approximate surface area is 323 Å². The van der Waals surface area contributed by atoms with E-state index in [1.807, 2.05) is 0 Å². The average Bonchev–Trinajstić information content (AvgIpc) is 3.90. The summed E-state index contributed by atoms with van der Waals surface area (Å²) in [5, 5.41) is 9.07. The van der Waals surface area contributed by atoms with E-state index in [1.165, 1.54) is 33.0 Å². The number of para-hydroxylation sites is 2. The number of nitrogens with zero attached hydrogens (tertiary/aromatic N) is 1. The van der Waals surface area contributed by atoms with Crippen molar-refractivity contribution < 1.29 is 8.83 Å². The van der Waals surface area contributed by atoms with Crippen molar-refractivity contribution in [3.8, 4) is 22.3 Å². The van der Waals surface area contributed by atoms with Crippen LogP contribution in [0.5, 0.6) is 0 Å². The fourth-order valence-corrected chi connectivity index (χ4v) is 9.56. The molecule has 3 heteroatoms. The van der Waals surface area contributed by atoms with Gasteiger partial charge in [-0.2, -0.15) is 0 Å². The van der Waals surface area contributed by atoms with Crippen LogP contribution in [0, 0.1) is 0 Å². The molecule has 0 N–H and O–H groups in total. The van der Waals surface area contributed by atoms with Crippen LogP contribution < -0.4 is 4.90 Å². The summed E-state index contributed by atoms with van der Waals surface area (Å²) >= 11 is 0. The molecule has 264 valence electrons. The molecule has 0 unspecified atom stereocenters. The van der Waals surface area contributed by atoms with Gasteiger partial charge in [0, 0.05) is 54.5 Å². The van der Waals surface area contributed by atoms with E-state index in [-0.39, 0.29) is 5.41 Å². The Morgan fingerprint density at radius 1 is 0.375 bits per heavy atom. The molecule has 0 saturated carbocycles. The lowest BCUT2D eigenvalue weighted by molar-refractivity contribution is 0.660. The average molecular weight is 718 g/mol. The van der Waals surface area contributed by atoms with Crippen molar-refractivity contribution in [3.63, 3.8) is 0 Å². The number of benzene rings is 9. The summed E-state index contributed by atoms with van der Waals surface area (Å²) in [7, 11) is 0. The third-order valence-corrected chi connectivity index (χ3v) is 12.3. The molecule has 9 aromatic carbocycles. The standard InChI is InChI=1S/C53H35NO2/c1-53(2)44-20-8-7-16-43(44)48-45(53)21-11-22-46(48)54(47-23-10-19-40-42-31-27-33-13-4-6-15-37(33)51(42)56-52(40)47)35-28-24-34(25-29-35)38-17-9-18-39-41-30-26-32-12-3-5-14-36(32)50(41)55-49(38)39/h3-31H,1-2H3. The van der Waals surface area contributed by atoms with Crippen molar-refractivity contribution in [2.45, 2.75) is 19.3 Å². The van der Waals surface area contributed by atoms with E-state index in [4.69, 9.17) is 8.83 Å². The Bertz CT molecular complexity index is 3400. The highest BCUT2D eigenvalue weighted by Crippen LogP contribution is 2.55. The summed E-state index contributed by atoms with van der Waals surface area (Å²) in [5.74, 6) is 0. The molecule has 0 spiro atoms. The van der Waals surface area contributed by atoms with Crippen LogP contribution in [0.4, 0.5) is 17.1 Å². The van der Waals surface area contributed by atoms with Crippen molar-refractivity contribution in [2.75, 3.05) is 4.90 Å². The number of fused-ring (bicyclic) bond motifs is 13. The molecule has 0 aliphatic heterocycles. The van der Waals surface area contributed by atoms with Gasteiger partial charge >= 0.3 is 0 Å². The van der Waals surface area contributed by atoms with E-state index < -0.39 is 0 Å². The zero-order chi connectivity index (χ0) is 37.1. The topological polar surface area (TPSA) is 29.5 Å². The number of furan rings is 2. The summed E-state index contributed by atoms with van der Waals surface area (Å²) in [6.07, 6.45) is 0. The van der Waals surface area contributed by atoms with Crippen LogP contribution in [-0.2, 0) is 5.41 Å². The van der Waals surface area contributed by atoms with Crippen LogP contribution in [0.25, 0.3) is 87.7 Å². The van der Waals surface area contributed by atoms with Gasteiger partial charge in [0.2, 0.25) is 0 Å². The summed E-state index contributed by atoms with van der Waals surface area (Å²) in [6.45, 7) is 4.68. The largest absolute Gasteiger partial charge is 0.455 e. The summed E-state index contributed by atoms with van der Waals surface area (Å²) in [6, 6.07) is 63.3. The molecular weight excluding hydrogens is 683 g/mol. The fraction of sp³-hybridized carbons (Fsp3) is 0.0566. The summed E-state index contributed by atoms with van der Waals surface area (Å²) in [5.41, 5.74) is 14.0.